The minimum Gasteiger partial charge on any atom is -0.247 e. The van der Waals surface area contributed by atoms with E-state index in [0.29, 0.717) is 0 Å². The van der Waals surface area contributed by atoms with E-state index >= 15 is 0 Å². The molecule has 0 unspecified atom stereocenters. The lowest BCUT2D eigenvalue weighted by Crippen LogP contribution is -2.28. The van der Waals surface area contributed by atoms with Crippen molar-refractivity contribution < 1.29 is 0 Å². The number of hydrogen-bond acceptors (Lipinski definition) is 3. The predicted molar refractivity (Wildman–Crippen MR) is 304 cm³/mol. The highest BCUT2D eigenvalue weighted by Crippen LogP contribution is 2.57. The van der Waals surface area contributed by atoms with Crippen LogP contribution in [0.15, 0.2) is 261 Å². The van der Waals surface area contributed by atoms with E-state index in [9.17, 15) is 0 Å². The number of benzene rings is 11. The van der Waals surface area contributed by atoms with Gasteiger partial charge in [0.15, 0.2) is 0 Å². The first-order valence-corrected chi connectivity index (χ1v) is 25.1. The monoisotopic (exact) mass is 925 g/mol. The van der Waals surface area contributed by atoms with E-state index < -0.39 is 5.41 Å². The number of rotatable bonds is 6. The van der Waals surface area contributed by atoms with Gasteiger partial charge >= 0.3 is 0 Å². The highest BCUT2D eigenvalue weighted by Gasteiger charge is 2.46. The first-order chi connectivity index (χ1) is 36.2. The predicted octanol–water partition coefficient (Wildman–Crippen LogP) is 17.8. The van der Waals surface area contributed by atoms with Crippen LogP contribution < -0.4 is 0 Å². The van der Waals surface area contributed by atoms with Crippen molar-refractivity contribution in [3.8, 4) is 56.0 Å². The molecule has 3 nitrogen and oxygen atoms in total. The average molecular weight is 926 g/mol. The molecule has 11 aromatic carbocycles. The van der Waals surface area contributed by atoms with Gasteiger partial charge in [0, 0.05) is 38.2 Å². The topological polar surface area (TPSA) is 38.7 Å². The largest absolute Gasteiger partial charge is 0.247 e. The number of fused-ring (bicyclic) bond motifs is 12. The van der Waals surface area contributed by atoms with Crippen LogP contribution in [0, 0.1) is 0 Å². The van der Waals surface area contributed by atoms with Gasteiger partial charge in [-0.15, -0.1) is 0 Å². The summed E-state index contributed by atoms with van der Waals surface area (Å²) < 4.78 is 0. The van der Waals surface area contributed by atoms with Crippen LogP contribution in [-0.4, -0.2) is 15.0 Å². The van der Waals surface area contributed by atoms with Gasteiger partial charge in [0.05, 0.1) is 39.0 Å². The summed E-state index contributed by atoms with van der Waals surface area (Å²) in [6, 6.07) is 94.8. The second-order valence-electron chi connectivity index (χ2n) is 19.4. The van der Waals surface area contributed by atoms with Gasteiger partial charge in [-0.3, -0.25) is 0 Å². The van der Waals surface area contributed by atoms with E-state index in [1.165, 1.54) is 65.9 Å². The molecule has 0 N–H and O–H groups in total. The zero-order chi connectivity index (χ0) is 48.0. The zero-order valence-electron chi connectivity index (χ0n) is 39.7. The second-order valence-corrected chi connectivity index (χ2v) is 19.4. The molecule has 0 fully saturated rings. The van der Waals surface area contributed by atoms with Crippen LogP contribution in [0.3, 0.4) is 0 Å². The van der Waals surface area contributed by atoms with E-state index in [0.717, 1.165) is 77.4 Å². The Bertz CT molecular complexity index is 4490. The molecule has 73 heavy (non-hydrogen) atoms. The van der Waals surface area contributed by atoms with Gasteiger partial charge in [0.2, 0.25) is 0 Å². The molecule has 3 heterocycles. The van der Waals surface area contributed by atoms with Crippen molar-refractivity contribution >= 4 is 65.0 Å². The van der Waals surface area contributed by atoms with E-state index in [4.69, 9.17) is 15.0 Å². The van der Waals surface area contributed by atoms with Crippen LogP contribution in [0.1, 0.15) is 22.3 Å². The molecule has 0 aliphatic heterocycles. The van der Waals surface area contributed by atoms with Crippen molar-refractivity contribution in [3.05, 3.63) is 283 Å². The van der Waals surface area contributed by atoms with Crippen molar-refractivity contribution in [3.63, 3.8) is 0 Å². The second kappa shape index (κ2) is 16.2. The van der Waals surface area contributed by atoms with Gasteiger partial charge in [-0.25, -0.2) is 15.0 Å². The van der Waals surface area contributed by atoms with Gasteiger partial charge in [-0.1, -0.05) is 218 Å². The lowest BCUT2D eigenvalue weighted by molar-refractivity contribution is 0.769. The summed E-state index contributed by atoms with van der Waals surface area (Å²) in [7, 11) is 0. The maximum Gasteiger partial charge on any atom is 0.0972 e. The summed E-state index contributed by atoms with van der Waals surface area (Å²) in [5.74, 6) is 0. The van der Waals surface area contributed by atoms with Crippen LogP contribution in [0.5, 0.6) is 0 Å². The molecule has 0 atom stereocenters. The maximum absolute atomic E-state index is 5.45. The molecule has 338 valence electrons. The molecule has 0 spiro atoms. The van der Waals surface area contributed by atoms with Crippen LogP contribution >= 0.6 is 0 Å². The standard InChI is InChI=1S/C70H43N3/c1-4-14-46(15-5-1)64-38-35-48-30-31-49-36-39-65(72-69(49)68(48)71-64)52-34-37-55-51(40-52)33-27-45-26-32-50(41-58(45)55)44-24-28-47(29-25-44)67-61-42-60-56-20-10-12-22-62(56)70(53-16-6-2-7-17-53,54-18-8-3-9-19-54)63(60)43-59(61)57-21-11-13-23-66(57)73-67/h1-43H. The third-order valence-electron chi connectivity index (χ3n) is 15.5. The Labute approximate surface area is 422 Å². The molecule has 14 aromatic rings. The molecular weight excluding hydrogens is 883 g/mol. The van der Waals surface area contributed by atoms with Gasteiger partial charge < -0.3 is 0 Å². The normalized spacial score (nSPS) is 12.8. The SMILES string of the molecule is c1ccc(-c2ccc3ccc4ccc(-c5ccc6c(ccc7ccc(-c8ccc(-c9nc%10ccccc%10c%10cc%11c(cc9%10)-c9ccccc9C%11(c9ccccc9)c9ccccc9)cc8)cc76)c5)nc4c3n2)cc1. The molecular formula is C70H43N3. The smallest absolute Gasteiger partial charge is 0.0972 e. The van der Waals surface area contributed by atoms with Crippen LogP contribution in [0.4, 0.5) is 0 Å². The Hall–Kier alpha value is -9.57. The third-order valence-corrected chi connectivity index (χ3v) is 15.5. The van der Waals surface area contributed by atoms with Gasteiger partial charge in [-0.2, -0.15) is 0 Å². The van der Waals surface area contributed by atoms with Crippen molar-refractivity contribution in [1.29, 1.82) is 0 Å². The molecule has 1 aliphatic carbocycles. The highest BCUT2D eigenvalue weighted by molar-refractivity contribution is 6.14. The van der Waals surface area contributed by atoms with Crippen molar-refractivity contribution in [2.75, 3.05) is 0 Å². The Morgan fingerprint density at radius 1 is 0.260 bits per heavy atom. The van der Waals surface area contributed by atoms with Crippen LogP contribution in [0.2, 0.25) is 0 Å². The summed E-state index contributed by atoms with van der Waals surface area (Å²) in [5, 5.41) is 10.5. The Morgan fingerprint density at radius 2 is 0.822 bits per heavy atom. The molecule has 0 amide bonds. The fourth-order valence-corrected chi connectivity index (χ4v) is 12.0. The summed E-state index contributed by atoms with van der Waals surface area (Å²) in [6.45, 7) is 0. The van der Waals surface area contributed by atoms with E-state index in [1.54, 1.807) is 0 Å². The fraction of sp³-hybridized carbons (Fsp3) is 0.0143. The quantitative estimate of drug-likeness (QED) is 0.156. The Morgan fingerprint density at radius 3 is 1.56 bits per heavy atom. The van der Waals surface area contributed by atoms with Crippen molar-refractivity contribution in [2.24, 2.45) is 0 Å². The minimum atomic E-state index is -0.488. The number of aromatic nitrogens is 3. The molecule has 0 radical (unpaired) electrons. The summed E-state index contributed by atoms with van der Waals surface area (Å²) in [4.78, 5) is 15.9. The van der Waals surface area contributed by atoms with E-state index in [1.807, 2.05) is 6.07 Å². The Balaban J connectivity index is 0.819. The lowest BCUT2D eigenvalue weighted by atomic mass is 9.67. The first kappa shape index (κ1) is 41.2. The molecule has 15 rings (SSSR count). The Kier molecular flexibility index (Phi) is 9.18. The van der Waals surface area contributed by atoms with Crippen LogP contribution in [0.25, 0.3) is 121 Å². The molecule has 3 aromatic heterocycles. The molecule has 1 aliphatic rings. The minimum absolute atomic E-state index is 0.488. The zero-order valence-corrected chi connectivity index (χ0v) is 39.7. The van der Waals surface area contributed by atoms with Gasteiger partial charge in [-0.05, 0) is 114 Å². The van der Waals surface area contributed by atoms with Crippen molar-refractivity contribution in [1.82, 2.24) is 15.0 Å². The summed E-state index contributed by atoms with van der Waals surface area (Å²) >= 11 is 0. The van der Waals surface area contributed by atoms with Crippen molar-refractivity contribution in [2.45, 2.75) is 5.41 Å². The lowest BCUT2D eigenvalue weighted by Gasteiger charge is -2.34. The number of pyridine rings is 3. The number of para-hydroxylation sites is 1. The average Bonchev–Trinajstić information content (AvgIpc) is 3.77. The number of hydrogen-bond donors (Lipinski definition) is 0. The highest BCUT2D eigenvalue weighted by atomic mass is 14.8. The first-order valence-electron chi connectivity index (χ1n) is 25.1. The third kappa shape index (κ3) is 6.42. The summed E-state index contributed by atoms with van der Waals surface area (Å²) in [5.41, 5.74) is 18.4. The number of nitrogens with zero attached hydrogens (tertiary/aromatic N) is 3. The maximum atomic E-state index is 5.45. The fourth-order valence-electron chi connectivity index (χ4n) is 12.0. The van der Waals surface area contributed by atoms with Gasteiger partial charge in [0.25, 0.3) is 0 Å². The van der Waals surface area contributed by atoms with Gasteiger partial charge in [0.1, 0.15) is 0 Å². The molecule has 3 heteroatoms. The summed E-state index contributed by atoms with van der Waals surface area (Å²) in [6.07, 6.45) is 0. The molecule has 0 bridgehead atoms. The van der Waals surface area contributed by atoms with E-state index in [2.05, 4.69) is 255 Å². The van der Waals surface area contributed by atoms with E-state index in [-0.39, 0.29) is 0 Å². The molecule has 0 saturated heterocycles. The molecule has 0 saturated carbocycles. The van der Waals surface area contributed by atoms with Crippen LogP contribution in [-0.2, 0) is 5.41 Å².